The van der Waals surface area contributed by atoms with E-state index in [4.69, 9.17) is 4.74 Å². The van der Waals surface area contributed by atoms with E-state index < -0.39 is 0 Å². The van der Waals surface area contributed by atoms with Gasteiger partial charge in [-0.2, -0.15) is 0 Å². The van der Waals surface area contributed by atoms with Crippen LogP contribution in [0.25, 0.3) is 0 Å². The van der Waals surface area contributed by atoms with Crippen LogP contribution in [-0.2, 0) is 37.5 Å². The minimum atomic E-state index is 0.298. The largest absolute Gasteiger partial charge is 0.493 e. The van der Waals surface area contributed by atoms with E-state index in [0.717, 1.165) is 18.8 Å². The molecule has 0 aromatic heterocycles. The summed E-state index contributed by atoms with van der Waals surface area (Å²) in [6, 6.07) is 20.6. The Balaban J connectivity index is 0.000000133. The zero-order chi connectivity index (χ0) is 27.3. The summed E-state index contributed by atoms with van der Waals surface area (Å²) in [7, 11) is 0. The molecule has 0 atom stereocenters. The quantitative estimate of drug-likeness (QED) is 0.333. The van der Waals surface area contributed by atoms with Crippen molar-refractivity contribution in [3.8, 4) is 5.75 Å². The zero-order valence-electron chi connectivity index (χ0n) is 25.1. The van der Waals surface area contributed by atoms with Crippen molar-refractivity contribution in [3.63, 3.8) is 0 Å². The van der Waals surface area contributed by atoms with Crippen molar-refractivity contribution >= 4 is 0 Å². The fourth-order valence-electron chi connectivity index (χ4n) is 5.72. The summed E-state index contributed by atoms with van der Waals surface area (Å²) in [5, 5.41) is 0. The molecule has 0 amide bonds. The predicted octanol–water partition coefficient (Wildman–Crippen LogP) is 9.91. The molecule has 0 saturated heterocycles. The Hall–Kier alpha value is -2.54. The second kappa shape index (κ2) is 12.5. The maximum atomic E-state index is 5.43. The molecule has 204 valence electrons. The van der Waals surface area contributed by atoms with Crippen molar-refractivity contribution in [1.82, 2.24) is 0 Å². The highest BCUT2D eigenvalue weighted by Crippen LogP contribution is 2.30. The van der Waals surface area contributed by atoms with Crippen LogP contribution >= 0.6 is 0 Å². The molecule has 2 aliphatic carbocycles. The van der Waals surface area contributed by atoms with E-state index in [1.807, 2.05) is 0 Å². The first-order valence-corrected chi connectivity index (χ1v) is 15.1. The van der Waals surface area contributed by atoms with Gasteiger partial charge in [-0.1, -0.05) is 97.0 Å². The van der Waals surface area contributed by atoms with E-state index >= 15 is 0 Å². The third-order valence-electron chi connectivity index (χ3n) is 8.38. The Morgan fingerprint density at radius 1 is 0.553 bits per heavy atom. The number of ether oxygens (including phenoxy) is 1. The van der Waals surface area contributed by atoms with Crippen molar-refractivity contribution in [3.05, 3.63) is 99.1 Å². The van der Waals surface area contributed by atoms with Gasteiger partial charge in [0.25, 0.3) is 0 Å². The monoisotopic (exact) mass is 510 g/mol. The Morgan fingerprint density at radius 3 is 1.74 bits per heavy atom. The van der Waals surface area contributed by atoms with E-state index in [1.165, 1.54) is 67.2 Å². The third-order valence-corrected chi connectivity index (χ3v) is 8.38. The number of fused-ring (bicyclic) bond motifs is 3. The number of hydrogen-bond acceptors (Lipinski definition) is 1. The lowest BCUT2D eigenvalue weighted by Gasteiger charge is -2.23. The molecule has 1 nitrogen and oxygen atoms in total. The van der Waals surface area contributed by atoms with Crippen molar-refractivity contribution in [2.75, 3.05) is 6.61 Å². The first-order chi connectivity index (χ1) is 18.1. The molecule has 0 radical (unpaired) electrons. The molecule has 0 bridgehead atoms. The summed E-state index contributed by atoms with van der Waals surface area (Å²) in [5.41, 5.74) is 12.4. The highest BCUT2D eigenvalue weighted by atomic mass is 16.5. The highest BCUT2D eigenvalue weighted by molar-refractivity contribution is 5.41. The summed E-state index contributed by atoms with van der Waals surface area (Å²) in [6.45, 7) is 16.7. The van der Waals surface area contributed by atoms with E-state index in [0.29, 0.717) is 17.3 Å². The average Bonchev–Trinajstić information content (AvgIpc) is 3.57. The second-order valence-corrected chi connectivity index (χ2v) is 13.1. The van der Waals surface area contributed by atoms with Crippen molar-refractivity contribution < 1.29 is 4.74 Å². The summed E-state index contributed by atoms with van der Waals surface area (Å²) in [5.74, 6) is 2.38. The number of benzene rings is 3. The number of hydrogen-bond donors (Lipinski definition) is 0. The first-order valence-electron chi connectivity index (χ1n) is 15.1. The summed E-state index contributed by atoms with van der Waals surface area (Å²) in [4.78, 5) is 0. The molecular formula is C37H50O. The maximum absolute atomic E-state index is 5.43. The lowest BCUT2D eigenvalue weighted by Crippen LogP contribution is -2.13. The van der Waals surface area contributed by atoms with Crippen LogP contribution in [0.5, 0.6) is 5.75 Å². The van der Waals surface area contributed by atoms with E-state index in [9.17, 15) is 0 Å². The molecule has 1 heterocycles. The van der Waals surface area contributed by atoms with E-state index in [-0.39, 0.29) is 0 Å². The van der Waals surface area contributed by atoms with Crippen LogP contribution < -0.4 is 4.74 Å². The van der Waals surface area contributed by atoms with Crippen molar-refractivity contribution in [2.45, 2.75) is 117 Å². The average molecular weight is 511 g/mol. The molecule has 0 spiro atoms. The van der Waals surface area contributed by atoms with Crippen molar-refractivity contribution in [2.24, 2.45) is 0 Å². The number of rotatable bonds is 2. The fraction of sp³-hybridized carbons (Fsp3) is 0.514. The fourth-order valence-corrected chi connectivity index (χ4v) is 5.72. The molecule has 1 aliphatic heterocycles. The van der Waals surface area contributed by atoms with Crippen molar-refractivity contribution in [1.29, 1.82) is 0 Å². The molecule has 3 aliphatic rings. The summed E-state index contributed by atoms with van der Waals surface area (Å²) < 4.78 is 5.43. The topological polar surface area (TPSA) is 9.23 Å². The van der Waals surface area contributed by atoms with Crippen LogP contribution in [0.2, 0.25) is 0 Å². The lowest BCUT2D eigenvalue weighted by molar-refractivity contribution is 0.357. The maximum Gasteiger partial charge on any atom is 0.122 e. The van der Waals surface area contributed by atoms with Gasteiger partial charge < -0.3 is 4.74 Å². The molecule has 0 fully saturated rings. The van der Waals surface area contributed by atoms with Crippen LogP contribution in [0.3, 0.4) is 0 Å². The second-order valence-electron chi connectivity index (χ2n) is 13.1. The van der Waals surface area contributed by atoms with Gasteiger partial charge >= 0.3 is 0 Å². The molecule has 0 N–H and O–H groups in total. The van der Waals surface area contributed by atoms with Gasteiger partial charge in [0.1, 0.15) is 5.75 Å². The van der Waals surface area contributed by atoms with Gasteiger partial charge in [-0.05, 0) is 113 Å². The summed E-state index contributed by atoms with van der Waals surface area (Å²) >= 11 is 0. The molecule has 0 unspecified atom stereocenters. The third kappa shape index (κ3) is 7.31. The Bertz CT molecular complexity index is 1150. The number of aryl methyl sites for hydroxylation is 4. The minimum absolute atomic E-state index is 0.298. The van der Waals surface area contributed by atoms with E-state index in [2.05, 4.69) is 103 Å². The zero-order valence-corrected chi connectivity index (χ0v) is 25.1. The predicted molar refractivity (Wildman–Crippen MR) is 164 cm³/mol. The van der Waals surface area contributed by atoms with Crippen LogP contribution in [0.4, 0.5) is 0 Å². The Morgan fingerprint density at radius 2 is 1.08 bits per heavy atom. The van der Waals surface area contributed by atoms with Crippen LogP contribution in [0, 0.1) is 0 Å². The minimum Gasteiger partial charge on any atom is -0.493 e. The van der Waals surface area contributed by atoms with Gasteiger partial charge in [0.15, 0.2) is 0 Å². The SMILES string of the molecule is CC(C)(C)c1ccc2c(c1)CCCC2.CC(C)c1ccc2c(c1)CCC2.CC(C)c1ccc2c(c1)CCO2. The first kappa shape index (κ1) is 28.5. The van der Waals surface area contributed by atoms with E-state index in [1.54, 1.807) is 22.3 Å². The van der Waals surface area contributed by atoms with Gasteiger partial charge in [0, 0.05) is 6.42 Å². The molecular weight excluding hydrogens is 460 g/mol. The Kier molecular flexibility index (Phi) is 9.40. The van der Waals surface area contributed by atoms with Gasteiger partial charge in [-0.15, -0.1) is 0 Å². The smallest absolute Gasteiger partial charge is 0.122 e. The molecule has 6 rings (SSSR count). The molecule has 3 aromatic rings. The summed E-state index contributed by atoms with van der Waals surface area (Å²) in [6.07, 6.45) is 10.4. The van der Waals surface area contributed by atoms with Gasteiger partial charge in [-0.25, -0.2) is 0 Å². The molecule has 3 aromatic carbocycles. The highest BCUT2D eigenvalue weighted by Gasteiger charge is 2.17. The van der Waals surface area contributed by atoms with Crippen LogP contribution in [0.1, 0.15) is 124 Å². The van der Waals surface area contributed by atoms with Gasteiger partial charge in [0.2, 0.25) is 0 Å². The van der Waals surface area contributed by atoms with Gasteiger partial charge in [-0.3, -0.25) is 0 Å². The standard InChI is InChI=1S/C14H20.C12H16.C11H14O/c1-14(2,3)13-9-8-11-6-4-5-7-12(11)10-13;1-9(2)11-7-6-10-4-3-5-12(10)8-11;1-8(2)9-3-4-11-10(7-9)5-6-12-11/h8-10H,4-7H2,1-3H3;6-9H,3-5H2,1-2H3;3-4,7-8H,5-6H2,1-2H3. The van der Waals surface area contributed by atoms with Crippen LogP contribution in [-0.4, -0.2) is 6.61 Å². The van der Waals surface area contributed by atoms with Crippen LogP contribution in [0.15, 0.2) is 54.6 Å². The van der Waals surface area contributed by atoms with Gasteiger partial charge in [0.05, 0.1) is 6.61 Å². The normalized spacial score (nSPS) is 15.5. The lowest BCUT2D eigenvalue weighted by atomic mass is 9.82. The Labute approximate surface area is 233 Å². The molecule has 0 saturated carbocycles. The molecule has 38 heavy (non-hydrogen) atoms. The molecule has 1 heteroatoms.